The van der Waals surface area contributed by atoms with Crippen LogP contribution in [-0.2, 0) is 11.2 Å². The highest BCUT2D eigenvalue weighted by molar-refractivity contribution is 5.94. The number of halogens is 3. The zero-order chi connectivity index (χ0) is 18.4. The van der Waals surface area contributed by atoms with E-state index in [-0.39, 0.29) is 24.8 Å². The molecule has 7 heteroatoms. The van der Waals surface area contributed by atoms with Gasteiger partial charge in [-0.25, -0.2) is 0 Å². The van der Waals surface area contributed by atoms with Gasteiger partial charge in [0.15, 0.2) is 0 Å². The number of likely N-dealkylation sites (tertiary alicyclic amines) is 1. The van der Waals surface area contributed by atoms with Gasteiger partial charge in [-0.1, -0.05) is 12.1 Å². The van der Waals surface area contributed by atoms with Gasteiger partial charge in [0.1, 0.15) is 0 Å². The fourth-order valence-electron chi connectivity index (χ4n) is 3.12. The molecule has 1 amide bonds. The fraction of sp³-hybridized carbons (Fsp3) is 0.556. The lowest BCUT2D eigenvalue weighted by molar-refractivity contribution is -0.137. The quantitative estimate of drug-likeness (QED) is 0.836. The maximum absolute atomic E-state index is 12.7. The number of carbonyl (C=O) groups excluding carboxylic acids is 1. The smallest absolute Gasteiger partial charge is 0.389 e. The third-order valence-electron chi connectivity index (χ3n) is 4.48. The predicted octanol–water partition coefficient (Wildman–Crippen LogP) is 4.04. The summed E-state index contributed by atoms with van der Waals surface area (Å²) in [6, 6.07) is 6.11. The molecule has 138 valence electrons. The lowest BCUT2D eigenvalue weighted by atomic mass is 9.96. The van der Waals surface area contributed by atoms with Crippen LogP contribution in [0.1, 0.15) is 54.4 Å². The first-order chi connectivity index (χ1) is 11.8. The summed E-state index contributed by atoms with van der Waals surface area (Å²) < 4.78 is 36.8. The van der Waals surface area contributed by atoms with E-state index in [0.29, 0.717) is 24.1 Å². The van der Waals surface area contributed by atoms with Crippen molar-refractivity contribution in [2.45, 2.75) is 57.2 Å². The zero-order valence-corrected chi connectivity index (χ0v) is 13.9. The topological polar surface area (TPSA) is 57.6 Å². The minimum atomic E-state index is -4.19. The molecule has 25 heavy (non-hydrogen) atoms. The van der Waals surface area contributed by atoms with Crippen molar-refractivity contribution >= 4 is 11.9 Å². The molecule has 0 spiro atoms. The van der Waals surface area contributed by atoms with Gasteiger partial charge in [0.25, 0.3) is 5.91 Å². The van der Waals surface area contributed by atoms with E-state index in [9.17, 15) is 22.8 Å². The second kappa shape index (κ2) is 8.36. The van der Waals surface area contributed by atoms with Crippen molar-refractivity contribution in [3.8, 4) is 0 Å². The first kappa shape index (κ1) is 19.3. The highest BCUT2D eigenvalue weighted by Crippen LogP contribution is 2.24. The Kier molecular flexibility index (Phi) is 6.45. The largest absolute Gasteiger partial charge is 0.481 e. The van der Waals surface area contributed by atoms with E-state index in [1.165, 1.54) is 0 Å². The van der Waals surface area contributed by atoms with Crippen LogP contribution in [0.25, 0.3) is 0 Å². The van der Waals surface area contributed by atoms with Crippen molar-refractivity contribution in [2.75, 3.05) is 6.54 Å². The standard InChI is InChI=1S/C18H22F3NO3/c19-18(20,21)11-10-13-4-6-14(7-5-13)17(25)22-12-2-1-3-15(22)8-9-16(23)24/h4-7,15H,1-3,8-12H2,(H,23,24). The van der Waals surface area contributed by atoms with Crippen molar-refractivity contribution in [1.82, 2.24) is 4.90 Å². The number of rotatable bonds is 6. The Balaban J connectivity index is 2.01. The number of aliphatic carboxylic acids is 1. The Morgan fingerprint density at radius 1 is 1.16 bits per heavy atom. The number of aryl methyl sites for hydroxylation is 1. The molecule has 1 aliphatic heterocycles. The van der Waals surface area contributed by atoms with Gasteiger partial charge in [-0.15, -0.1) is 0 Å². The van der Waals surface area contributed by atoms with E-state index in [1.807, 2.05) is 0 Å². The van der Waals surface area contributed by atoms with Crippen LogP contribution >= 0.6 is 0 Å². The van der Waals surface area contributed by atoms with Crippen LogP contribution in [-0.4, -0.2) is 40.6 Å². The van der Waals surface area contributed by atoms with E-state index in [0.717, 1.165) is 19.3 Å². The van der Waals surface area contributed by atoms with Crippen LogP contribution in [0, 0.1) is 0 Å². The van der Waals surface area contributed by atoms with Gasteiger partial charge >= 0.3 is 12.1 Å². The maximum atomic E-state index is 12.7. The van der Waals surface area contributed by atoms with Crippen molar-refractivity contribution in [2.24, 2.45) is 0 Å². The molecule has 0 bridgehead atoms. The van der Waals surface area contributed by atoms with E-state index in [4.69, 9.17) is 5.11 Å². The predicted molar refractivity (Wildman–Crippen MR) is 86.4 cm³/mol. The first-order valence-corrected chi connectivity index (χ1v) is 8.45. The summed E-state index contributed by atoms with van der Waals surface area (Å²) in [4.78, 5) is 25.2. The Morgan fingerprint density at radius 3 is 2.44 bits per heavy atom. The third-order valence-corrected chi connectivity index (χ3v) is 4.48. The van der Waals surface area contributed by atoms with E-state index in [1.54, 1.807) is 29.2 Å². The number of piperidine rings is 1. The molecule has 0 aromatic heterocycles. The molecular formula is C18H22F3NO3. The molecule has 1 aromatic carbocycles. The number of hydrogen-bond donors (Lipinski definition) is 1. The van der Waals surface area contributed by atoms with Gasteiger partial charge in [-0.05, 0) is 49.8 Å². The van der Waals surface area contributed by atoms with Gasteiger partial charge in [0, 0.05) is 31.0 Å². The summed E-state index contributed by atoms with van der Waals surface area (Å²) in [5.74, 6) is -1.07. The average Bonchev–Trinajstić information content (AvgIpc) is 2.57. The van der Waals surface area contributed by atoms with Crippen molar-refractivity contribution < 1.29 is 27.9 Å². The second-order valence-electron chi connectivity index (χ2n) is 6.39. The Labute approximate surface area is 144 Å². The number of amides is 1. The summed E-state index contributed by atoms with van der Waals surface area (Å²) >= 11 is 0. The van der Waals surface area contributed by atoms with Gasteiger partial charge in [-0.3, -0.25) is 9.59 Å². The number of hydrogen-bond acceptors (Lipinski definition) is 2. The molecule has 1 N–H and O–H groups in total. The summed E-state index contributed by atoms with van der Waals surface area (Å²) in [7, 11) is 0. The van der Waals surface area contributed by atoms with Crippen LogP contribution in [0.3, 0.4) is 0 Å². The van der Waals surface area contributed by atoms with Gasteiger partial charge in [-0.2, -0.15) is 13.2 Å². The summed E-state index contributed by atoms with van der Waals surface area (Å²) in [6.07, 6.45) is -2.13. The van der Waals surface area contributed by atoms with Gasteiger partial charge in [0.2, 0.25) is 0 Å². The molecule has 1 aromatic rings. The van der Waals surface area contributed by atoms with Crippen molar-refractivity contribution in [1.29, 1.82) is 0 Å². The molecule has 1 heterocycles. The SMILES string of the molecule is O=C(O)CCC1CCCCN1C(=O)c1ccc(CCC(F)(F)F)cc1. The Morgan fingerprint density at radius 2 is 1.84 bits per heavy atom. The van der Waals surface area contributed by atoms with Gasteiger partial charge in [0.05, 0.1) is 0 Å². The highest BCUT2D eigenvalue weighted by atomic mass is 19.4. The van der Waals surface area contributed by atoms with Crippen LogP contribution in [0.15, 0.2) is 24.3 Å². The number of carboxylic acids is 1. The lowest BCUT2D eigenvalue weighted by Crippen LogP contribution is -2.43. The monoisotopic (exact) mass is 357 g/mol. The Bertz CT molecular complexity index is 599. The molecule has 1 fully saturated rings. The number of carbonyl (C=O) groups is 2. The molecule has 1 unspecified atom stereocenters. The minimum absolute atomic E-state index is 0.0187. The van der Waals surface area contributed by atoms with Crippen molar-refractivity contribution in [3.05, 3.63) is 35.4 Å². The fourth-order valence-corrected chi connectivity index (χ4v) is 3.12. The summed E-state index contributed by atoms with van der Waals surface area (Å²) in [6.45, 7) is 0.582. The third kappa shape index (κ3) is 6.07. The molecular weight excluding hydrogens is 335 g/mol. The Hall–Kier alpha value is -2.05. The van der Waals surface area contributed by atoms with Crippen molar-refractivity contribution in [3.63, 3.8) is 0 Å². The molecule has 2 rings (SSSR count). The molecule has 4 nitrogen and oxygen atoms in total. The van der Waals surface area contributed by atoms with Crippen LogP contribution in [0.4, 0.5) is 13.2 Å². The average molecular weight is 357 g/mol. The highest BCUT2D eigenvalue weighted by Gasteiger charge is 2.28. The number of alkyl halides is 3. The molecule has 0 radical (unpaired) electrons. The van der Waals surface area contributed by atoms with Crippen LogP contribution < -0.4 is 0 Å². The van der Waals surface area contributed by atoms with E-state index < -0.39 is 18.6 Å². The lowest BCUT2D eigenvalue weighted by Gasteiger charge is -2.35. The minimum Gasteiger partial charge on any atom is -0.481 e. The normalized spacial score (nSPS) is 18.2. The number of benzene rings is 1. The zero-order valence-electron chi connectivity index (χ0n) is 13.9. The maximum Gasteiger partial charge on any atom is 0.389 e. The second-order valence-corrected chi connectivity index (χ2v) is 6.39. The van der Waals surface area contributed by atoms with Crippen LogP contribution in [0.2, 0.25) is 0 Å². The molecule has 1 atom stereocenters. The van der Waals surface area contributed by atoms with Crippen LogP contribution in [0.5, 0.6) is 0 Å². The number of carboxylic acid groups (broad SMARTS) is 1. The first-order valence-electron chi connectivity index (χ1n) is 8.45. The van der Waals surface area contributed by atoms with E-state index >= 15 is 0 Å². The molecule has 0 aliphatic carbocycles. The summed E-state index contributed by atoms with van der Waals surface area (Å²) in [5, 5.41) is 8.84. The molecule has 1 saturated heterocycles. The molecule has 0 saturated carbocycles. The molecule has 1 aliphatic rings. The van der Waals surface area contributed by atoms with Gasteiger partial charge < -0.3 is 10.0 Å². The number of nitrogens with zero attached hydrogens (tertiary/aromatic N) is 1. The summed E-state index contributed by atoms with van der Waals surface area (Å²) in [5.41, 5.74) is 0.966. The van der Waals surface area contributed by atoms with E-state index in [2.05, 4.69) is 0 Å².